The molecule has 0 radical (unpaired) electrons. The molecule has 1 aromatic carbocycles. The quantitative estimate of drug-likeness (QED) is 0.618. The van der Waals surface area contributed by atoms with Crippen LogP contribution in [0.25, 0.3) is 10.9 Å². The fraction of sp³-hybridized carbons (Fsp3) is 0.391. The summed E-state index contributed by atoms with van der Waals surface area (Å²) in [5.41, 5.74) is 2.20. The molecule has 8 heteroatoms. The number of hydrogen-bond acceptors (Lipinski definition) is 6. The number of carbonyl (C=O) groups excluding carboxylic acids is 1. The van der Waals surface area contributed by atoms with Crippen molar-refractivity contribution in [2.75, 3.05) is 23.3 Å². The van der Waals surface area contributed by atoms with Crippen LogP contribution in [0.4, 0.5) is 17.5 Å². The molecule has 31 heavy (non-hydrogen) atoms. The minimum absolute atomic E-state index is 0.0699. The average Bonchev–Trinajstić information content (AvgIpc) is 2.77. The van der Waals surface area contributed by atoms with E-state index in [1.165, 1.54) is 13.3 Å². The summed E-state index contributed by atoms with van der Waals surface area (Å²) < 4.78 is 1.63. The van der Waals surface area contributed by atoms with E-state index >= 15 is 0 Å². The number of fused-ring (bicyclic) bond motifs is 1. The first kappa shape index (κ1) is 21.3. The maximum atomic E-state index is 12.6. The van der Waals surface area contributed by atoms with Crippen molar-refractivity contribution in [3.63, 3.8) is 0 Å². The summed E-state index contributed by atoms with van der Waals surface area (Å²) in [5.74, 6) is 1.31. The van der Waals surface area contributed by atoms with Gasteiger partial charge in [-0.15, -0.1) is 0 Å². The standard InChI is InChI=1S/C23H26ClN5O2/c1-15(30)6-7-16-12-17-13-18(8-9-20(17)28(2)22(16)31)26-21-19(24)14-25-23(27-21)29-10-4-3-5-11-29/h8-9,12-14H,3-7,10-11H2,1-2H3,(H,25,26,27). The zero-order valence-corrected chi connectivity index (χ0v) is 18.6. The molecule has 0 bridgehead atoms. The number of carbonyl (C=O) groups is 1. The second-order valence-electron chi connectivity index (χ2n) is 8.05. The molecule has 2 aromatic heterocycles. The van der Waals surface area contributed by atoms with Gasteiger partial charge in [0.05, 0.1) is 11.7 Å². The Kier molecular flexibility index (Phi) is 6.23. The fourth-order valence-corrected chi connectivity index (χ4v) is 4.08. The third kappa shape index (κ3) is 4.71. The normalized spacial score (nSPS) is 14.1. The highest BCUT2D eigenvalue weighted by atomic mass is 35.5. The molecule has 1 aliphatic heterocycles. The van der Waals surface area contributed by atoms with E-state index in [9.17, 15) is 9.59 Å². The summed E-state index contributed by atoms with van der Waals surface area (Å²) in [5, 5.41) is 4.65. The Bertz CT molecular complexity index is 1180. The molecule has 7 nitrogen and oxygen atoms in total. The molecule has 0 aliphatic carbocycles. The number of halogens is 1. The Labute approximate surface area is 186 Å². The smallest absolute Gasteiger partial charge is 0.253 e. The van der Waals surface area contributed by atoms with Crippen molar-refractivity contribution in [1.29, 1.82) is 0 Å². The van der Waals surface area contributed by atoms with Crippen LogP contribution in [0.3, 0.4) is 0 Å². The first-order valence-corrected chi connectivity index (χ1v) is 11.0. The van der Waals surface area contributed by atoms with Gasteiger partial charge in [-0.05, 0) is 56.9 Å². The molecule has 0 unspecified atom stereocenters. The zero-order valence-electron chi connectivity index (χ0n) is 17.8. The lowest BCUT2D eigenvalue weighted by Gasteiger charge is -2.26. The van der Waals surface area contributed by atoms with Crippen molar-refractivity contribution in [2.24, 2.45) is 7.05 Å². The molecule has 3 heterocycles. The summed E-state index contributed by atoms with van der Waals surface area (Å²) in [7, 11) is 1.75. The van der Waals surface area contributed by atoms with Gasteiger partial charge in [-0.1, -0.05) is 11.6 Å². The van der Waals surface area contributed by atoms with E-state index in [-0.39, 0.29) is 11.3 Å². The second-order valence-corrected chi connectivity index (χ2v) is 8.46. The van der Waals surface area contributed by atoms with E-state index in [1.54, 1.807) is 17.8 Å². The number of benzene rings is 1. The first-order chi connectivity index (χ1) is 14.9. The third-order valence-electron chi connectivity index (χ3n) is 5.68. The number of piperidine rings is 1. The molecule has 3 aromatic rings. The van der Waals surface area contributed by atoms with E-state index < -0.39 is 0 Å². The van der Waals surface area contributed by atoms with E-state index in [2.05, 4.69) is 20.2 Å². The molecule has 162 valence electrons. The molecule has 0 saturated carbocycles. The predicted octanol–water partition coefficient (Wildman–Crippen LogP) is 4.24. The molecule has 1 aliphatic rings. The van der Waals surface area contributed by atoms with Crippen LogP contribution >= 0.6 is 11.6 Å². The van der Waals surface area contributed by atoms with Crippen LogP contribution in [0.5, 0.6) is 0 Å². The molecule has 4 rings (SSSR count). The van der Waals surface area contributed by atoms with Gasteiger partial charge in [-0.3, -0.25) is 4.79 Å². The van der Waals surface area contributed by atoms with Gasteiger partial charge in [-0.2, -0.15) is 4.98 Å². The Morgan fingerprint density at radius 1 is 1.19 bits per heavy atom. The number of aryl methyl sites for hydroxylation is 2. The highest BCUT2D eigenvalue weighted by molar-refractivity contribution is 6.32. The van der Waals surface area contributed by atoms with Crippen LogP contribution in [0, 0.1) is 0 Å². The van der Waals surface area contributed by atoms with Crippen molar-refractivity contribution < 1.29 is 4.79 Å². The Balaban J connectivity index is 1.65. The van der Waals surface area contributed by atoms with Gasteiger partial charge in [-0.25, -0.2) is 4.98 Å². The molecule has 1 fully saturated rings. The SMILES string of the molecule is CC(=O)CCc1cc2cc(Nc3nc(N4CCCCC4)ncc3Cl)ccc2n(C)c1=O. The largest absolute Gasteiger partial charge is 0.341 e. The van der Waals surface area contributed by atoms with Crippen molar-refractivity contribution in [2.45, 2.75) is 39.0 Å². The lowest BCUT2D eigenvalue weighted by Crippen LogP contribution is -2.31. The van der Waals surface area contributed by atoms with E-state index in [4.69, 9.17) is 11.6 Å². The van der Waals surface area contributed by atoms with Crippen LogP contribution in [0.15, 0.2) is 35.3 Å². The molecular weight excluding hydrogens is 414 g/mol. The number of hydrogen-bond donors (Lipinski definition) is 1. The first-order valence-electron chi connectivity index (χ1n) is 10.6. The van der Waals surface area contributed by atoms with Gasteiger partial charge in [0.15, 0.2) is 5.82 Å². The van der Waals surface area contributed by atoms with Crippen molar-refractivity contribution in [3.05, 3.63) is 51.4 Å². The van der Waals surface area contributed by atoms with Gasteiger partial charge in [0.2, 0.25) is 5.95 Å². The summed E-state index contributed by atoms with van der Waals surface area (Å²) >= 11 is 6.36. The molecule has 0 spiro atoms. The average molecular weight is 440 g/mol. The maximum absolute atomic E-state index is 12.6. The van der Waals surface area contributed by atoms with Gasteiger partial charge in [0, 0.05) is 43.2 Å². The zero-order chi connectivity index (χ0) is 22.0. The second kappa shape index (κ2) is 9.06. The number of nitrogens with zero attached hydrogens (tertiary/aromatic N) is 4. The number of nitrogens with one attached hydrogen (secondary N) is 1. The van der Waals surface area contributed by atoms with Gasteiger partial charge >= 0.3 is 0 Å². The lowest BCUT2D eigenvalue weighted by molar-refractivity contribution is -0.116. The molecule has 0 amide bonds. The summed E-state index contributed by atoms with van der Waals surface area (Å²) in [6, 6.07) is 7.63. The van der Waals surface area contributed by atoms with Crippen molar-refractivity contribution >= 4 is 45.7 Å². The Morgan fingerprint density at radius 3 is 2.71 bits per heavy atom. The topological polar surface area (TPSA) is 80.1 Å². The van der Waals surface area contributed by atoms with E-state index in [0.717, 1.165) is 42.5 Å². The molecular formula is C23H26ClN5O2. The Morgan fingerprint density at radius 2 is 1.97 bits per heavy atom. The van der Waals surface area contributed by atoms with Crippen LogP contribution in [-0.4, -0.2) is 33.4 Å². The van der Waals surface area contributed by atoms with Gasteiger partial charge < -0.3 is 19.6 Å². The number of anilines is 3. The third-order valence-corrected chi connectivity index (χ3v) is 5.95. The van der Waals surface area contributed by atoms with E-state index in [0.29, 0.717) is 35.2 Å². The number of aromatic nitrogens is 3. The Hall–Kier alpha value is -2.93. The molecule has 1 saturated heterocycles. The summed E-state index contributed by atoms with van der Waals surface area (Å²) in [4.78, 5) is 35.2. The predicted molar refractivity (Wildman–Crippen MR) is 125 cm³/mol. The number of ketones is 1. The molecule has 0 atom stereocenters. The number of rotatable bonds is 6. The molecule has 1 N–H and O–H groups in total. The monoisotopic (exact) mass is 439 g/mol. The minimum Gasteiger partial charge on any atom is -0.341 e. The van der Waals surface area contributed by atoms with E-state index in [1.807, 2.05) is 24.3 Å². The number of Topliss-reactive ketones (excluding diaryl/α,β-unsaturated/α-hetero) is 1. The van der Waals surface area contributed by atoms with Gasteiger partial charge in [0.1, 0.15) is 10.8 Å². The van der Waals surface area contributed by atoms with Crippen LogP contribution in [0.1, 0.15) is 38.2 Å². The number of pyridine rings is 1. The van der Waals surface area contributed by atoms with Crippen LogP contribution in [-0.2, 0) is 18.3 Å². The van der Waals surface area contributed by atoms with Crippen LogP contribution in [0.2, 0.25) is 5.02 Å². The summed E-state index contributed by atoms with van der Waals surface area (Å²) in [6.45, 7) is 3.44. The van der Waals surface area contributed by atoms with Crippen molar-refractivity contribution in [3.8, 4) is 0 Å². The van der Waals surface area contributed by atoms with Crippen molar-refractivity contribution in [1.82, 2.24) is 14.5 Å². The summed E-state index contributed by atoms with van der Waals surface area (Å²) in [6.07, 6.45) is 5.95. The van der Waals surface area contributed by atoms with Crippen LogP contribution < -0.4 is 15.8 Å². The lowest BCUT2D eigenvalue weighted by atomic mass is 10.1. The maximum Gasteiger partial charge on any atom is 0.253 e. The minimum atomic E-state index is -0.0699. The van der Waals surface area contributed by atoms with Gasteiger partial charge in [0.25, 0.3) is 5.56 Å². The highest BCUT2D eigenvalue weighted by Gasteiger charge is 2.16. The fourth-order valence-electron chi connectivity index (χ4n) is 3.95. The highest BCUT2D eigenvalue weighted by Crippen LogP contribution is 2.27.